The largest absolute Gasteiger partial charge is 0.478 e. The van der Waals surface area contributed by atoms with Crippen molar-refractivity contribution in [3.63, 3.8) is 0 Å². The molecule has 1 fully saturated rings. The Balaban J connectivity index is 1.53. The van der Waals surface area contributed by atoms with Crippen molar-refractivity contribution < 1.29 is 28.6 Å². The second-order valence-electron chi connectivity index (χ2n) is 6.99. The van der Waals surface area contributed by atoms with E-state index in [2.05, 4.69) is 4.99 Å². The van der Waals surface area contributed by atoms with E-state index in [0.29, 0.717) is 32.8 Å². The molecule has 0 radical (unpaired) electrons. The van der Waals surface area contributed by atoms with Gasteiger partial charge in [-0.3, -0.25) is 9.69 Å². The molecular formula is C24H18N2O6S. The van der Waals surface area contributed by atoms with E-state index in [1.165, 1.54) is 35.9 Å². The number of thioether (sulfide) groups is 1. The Labute approximate surface area is 193 Å². The molecule has 1 aromatic heterocycles. The monoisotopic (exact) mass is 462 g/mol. The Kier molecular flexibility index (Phi) is 6.14. The summed E-state index contributed by atoms with van der Waals surface area (Å²) in [6.07, 6.45) is 1.64. The summed E-state index contributed by atoms with van der Waals surface area (Å²) in [5.74, 6) is -0.559. The molecule has 1 aliphatic heterocycles. The Morgan fingerprint density at radius 2 is 1.70 bits per heavy atom. The van der Waals surface area contributed by atoms with Gasteiger partial charge >= 0.3 is 11.9 Å². The third kappa shape index (κ3) is 4.73. The number of hydrogen-bond donors (Lipinski definition) is 1. The van der Waals surface area contributed by atoms with Crippen molar-refractivity contribution in [3.8, 4) is 11.3 Å². The zero-order chi connectivity index (χ0) is 23.5. The number of furan rings is 1. The zero-order valence-electron chi connectivity index (χ0n) is 17.6. The Hall–Kier alpha value is -4.11. The standard InChI is InChI=1S/C24H18N2O6S/c1-26-21(27)20(33-24(26)25-17-9-7-15(8-10-17)22(28)29)13-18-11-12-19(32-18)14-3-5-16(6-4-14)23(30)31-2/h3-13H,1-2H3,(H,28,29)/b20-13+,25-24?. The number of hydrogen-bond acceptors (Lipinski definition) is 7. The molecule has 1 saturated heterocycles. The van der Waals surface area contributed by atoms with Crippen LogP contribution in [0.3, 0.4) is 0 Å². The van der Waals surface area contributed by atoms with E-state index in [0.717, 1.165) is 5.56 Å². The first kappa shape index (κ1) is 22.1. The van der Waals surface area contributed by atoms with E-state index in [4.69, 9.17) is 14.3 Å². The number of esters is 1. The molecule has 8 nitrogen and oxygen atoms in total. The molecule has 2 heterocycles. The smallest absolute Gasteiger partial charge is 0.337 e. The second kappa shape index (κ2) is 9.17. The lowest BCUT2D eigenvalue weighted by Crippen LogP contribution is -2.23. The fraction of sp³-hybridized carbons (Fsp3) is 0.0833. The highest BCUT2D eigenvalue weighted by Gasteiger charge is 2.30. The van der Waals surface area contributed by atoms with Gasteiger partial charge in [0, 0.05) is 18.7 Å². The minimum absolute atomic E-state index is 0.164. The van der Waals surface area contributed by atoms with Gasteiger partial charge in [-0.2, -0.15) is 0 Å². The summed E-state index contributed by atoms with van der Waals surface area (Å²) in [4.78, 5) is 41.5. The maximum absolute atomic E-state index is 12.7. The number of amides is 1. The van der Waals surface area contributed by atoms with Crippen LogP contribution in [0, 0.1) is 0 Å². The average molecular weight is 462 g/mol. The first-order valence-electron chi connectivity index (χ1n) is 9.74. The maximum Gasteiger partial charge on any atom is 0.337 e. The third-order valence-electron chi connectivity index (χ3n) is 4.83. The minimum Gasteiger partial charge on any atom is -0.478 e. The van der Waals surface area contributed by atoms with Gasteiger partial charge < -0.3 is 14.3 Å². The molecule has 0 saturated carbocycles. The summed E-state index contributed by atoms with van der Waals surface area (Å²) < 4.78 is 10.6. The van der Waals surface area contributed by atoms with Crippen molar-refractivity contribution in [1.82, 2.24) is 4.90 Å². The van der Waals surface area contributed by atoms with Crippen LogP contribution >= 0.6 is 11.8 Å². The molecule has 9 heteroatoms. The number of amidine groups is 1. The number of carbonyl (C=O) groups excluding carboxylic acids is 2. The van der Waals surface area contributed by atoms with Crippen molar-refractivity contribution in [1.29, 1.82) is 0 Å². The van der Waals surface area contributed by atoms with E-state index in [-0.39, 0.29) is 11.5 Å². The van der Waals surface area contributed by atoms with Gasteiger partial charge in [-0.15, -0.1) is 0 Å². The van der Waals surface area contributed by atoms with Crippen LogP contribution in [-0.2, 0) is 9.53 Å². The van der Waals surface area contributed by atoms with Crippen LogP contribution in [0.25, 0.3) is 17.4 Å². The fourth-order valence-corrected chi connectivity index (χ4v) is 4.01. The van der Waals surface area contributed by atoms with Gasteiger partial charge in [0.15, 0.2) is 5.17 Å². The van der Waals surface area contributed by atoms with Crippen LogP contribution in [0.15, 0.2) is 75.0 Å². The summed E-state index contributed by atoms with van der Waals surface area (Å²) in [7, 11) is 2.95. The second-order valence-corrected chi connectivity index (χ2v) is 8.00. The minimum atomic E-state index is -1.01. The molecule has 2 aromatic carbocycles. The van der Waals surface area contributed by atoms with E-state index >= 15 is 0 Å². The molecule has 3 aromatic rings. The van der Waals surface area contributed by atoms with Crippen LogP contribution in [0.5, 0.6) is 0 Å². The van der Waals surface area contributed by atoms with Crippen molar-refractivity contribution >= 4 is 46.5 Å². The molecule has 33 heavy (non-hydrogen) atoms. The number of carbonyl (C=O) groups is 3. The van der Waals surface area contributed by atoms with E-state index in [9.17, 15) is 14.4 Å². The lowest BCUT2D eigenvalue weighted by atomic mass is 10.1. The molecule has 0 bridgehead atoms. The molecule has 0 atom stereocenters. The van der Waals surface area contributed by atoms with Crippen molar-refractivity contribution in [2.45, 2.75) is 0 Å². The molecule has 0 aliphatic carbocycles. The topological polar surface area (TPSA) is 109 Å². The number of methoxy groups -OCH3 is 1. The molecular weight excluding hydrogens is 444 g/mol. The van der Waals surface area contributed by atoms with Crippen LogP contribution in [0.4, 0.5) is 5.69 Å². The lowest BCUT2D eigenvalue weighted by Gasteiger charge is -2.07. The number of aliphatic imine (C=N–C) groups is 1. The van der Waals surface area contributed by atoms with Crippen LogP contribution < -0.4 is 0 Å². The zero-order valence-corrected chi connectivity index (χ0v) is 18.5. The molecule has 1 amide bonds. The Morgan fingerprint density at radius 3 is 2.33 bits per heavy atom. The van der Waals surface area contributed by atoms with Gasteiger partial charge in [-0.05, 0) is 60.3 Å². The van der Waals surface area contributed by atoms with Gasteiger partial charge in [0.2, 0.25) is 0 Å². The lowest BCUT2D eigenvalue weighted by molar-refractivity contribution is -0.121. The SMILES string of the molecule is COC(=O)c1ccc(-c2ccc(/C=C3/SC(=Nc4ccc(C(=O)O)cc4)N(C)C3=O)o2)cc1. The van der Waals surface area contributed by atoms with Gasteiger partial charge in [0.1, 0.15) is 11.5 Å². The first-order valence-corrected chi connectivity index (χ1v) is 10.6. The van der Waals surface area contributed by atoms with Crippen molar-refractivity contribution in [2.75, 3.05) is 14.2 Å². The number of nitrogens with zero attached hydrogens (tertiary/aromatic N) is 2. The number of ether oxygens (including phenoxy) is 1. The van der Waals surface area contributed by atoms with Crippen LogP contribution in [-0.4, -0.2) is 47.2 Å². The molecule has 0 spiro atoms. The molecule has 4 rings (SSSR count). The summed E-state index contributed by atoms with van der Waals surface area (Å²) in [6, 6.07) is 16.4. The number of carboxylic acids is 1. The predicted molar refractivity (Wildman–Crippen MR) is 124 cm³/mol. The highest BCUT2D eigenvalue weighted by Crippen LogP contribution is 2.34. The maximum atomic E-state index is 12.7. The van der Waals surface area contributed by atoms with Gasteiger partial charge in [-0.1, -0.05) is 12.1 Å². The van der Waals surface area contributed by atoms with Gasteiger partial charge in [0.05, 0.1) is 28.8 Å². The van der Waals surface area contributed by atoms with Crippen LogP contribution in [0.1, 0.15) is 26.5 Å². The molecule has 0 unspecified atom stereocenters. The summed E-state index contributed by atoms with van der Waals surface area (Å²) >= 11 is 1.20. The predicted octanol–water partition coefficient (Wildman–Crippen LogP) is 4.67. The molecule has 1 aliphatic rings. The third-order valence-corrected chi connectivity index (χ3v) is 5.89. The Morgan fingerprint density at radius 1 is 1.03 bits per heavy atom. The summed E-state index contributed by atoms with van der Waals surface area (Å²) in [6.45, 7) is 0. The van der Waals surface area contributed by atoms with E-state index in [1.54, 1.807) is 61.7 Å². The number of likely N-dealkylation sites (N-methyl/N-ethyl adjacent to an activating group) is 1. The van der Waals surface area contributed by atoms with E-state index in [1.807, 2.05) is 0 Å². The van der Waals surface area contributed by atoms with Crippen molar-refractivity contribution in [3.05, 3.63) is 82.5 Å². The number of benzene rings is 2. The fourth-order valence-electron chi connectivity index (χ4n) is 3.04. The normalized spacial score (nSPS) is 15.9. The summed E-state index contributed by atoms with van der Waals surface area (Å²) in [5.41, 5.74) is 1.92. The number of rotatable bonds is 5. The molecule has 1 N–H and O–H groups in total. The number of aromatic carboxylic acids is 1. The number of carboxylic acid groups (broad SMARTS) is 1. The Bertz CT molecular complexity index is 1290. The van der Waals surface area contributed by atoms with Gasteiger partial charge in [0.25, 0.3) is 5.91 Å². The van der Waals surface area contributed by atoms with Gasteiger partial charge in [-0.25, -0.2) is 14.6 Å². The van der Waals surface area contributed by atoms with Crippen molar-refractivity contribution in [2.24, 2.45) is 4.99 Å². The first-order chi connectivity index (χ1) is 15.9. The molecule has 166 valence electrons. The quantitative estimate of drug-likeness (QED) is 0.434. The highest BCUT2D eigenvalue weighted by molar-refractivity contribution is 8.18. The van der Waals surface area contributed by atoms with Crippen LogP contribution in [0.2, 0.25) is 0 Å². The van der Waals surface area contributed by atoms with E-state index < -0.39 is 11.9 Å². The highest BCUT2D eigenvalue weighted by atomic mass is 32.2. The summed E-state index contributed by atoms with van der Waals surface area (Å²) in [5, 5.41) is 9.47. The average Bonchev–Trinajstić information content (AvgIpc) is 3.40.